The van der Waals surface area contributed by atoms with Gasteiger partial charge in [0, 0.05) is 11.3 Å². The summed E-state index contributed by atoms with van der Waals surface area (Å²) in [5, 5.41) is 2.00. The molecule has 0 N–H and O–H groups in total. The Morgan fingerprint density at radius 3 is 2.69 bits per heavy atom. The van der Waals surface area contributed by atoms with Crippen LogP contribution in [0.3, 0.4) is 0 Å². The normalized spacial score (nSPS) is 9.62. The summed E-state index contributed by atoms with van der Waals surface area (Å²) in [6.07, 6.45) is 4.07. The van der Waals surface area contributed by atoms with Crippen LogP contribution in [0.1, 0.15) is 22.9 Å². The second-order valence-electron chi connectivity index (χ2n) is 2.83. The summed E-state index contributed by atoms with van der Waals surface area (Å²) in [6, 6.07) is 0. The van der Waals surface area contributed by atoms with E-state index in [4.69, 9.17) is 0 Å². The lowest BCUT2D eigenvalue weighted by atomic mass is 10.1. The molecule has 0 radical (unpaired) electrons. The number of ketones is 1. The topological polar surface area (TPSA) is 17.1 Å². The number of thiophene rings is 1. The van der Waals surface area contributed by atoms with Crippen LogP contribution in [0.25, 0.3) is 12.2 Å². The highest BCUT2D eigenvalue weighted by molar-refractivity contribution is 7.11. The minimum Gasteiger partial charge on any atom is -0.300 e. The number of Topliss-reactive ketones (excluding diaryl/α,β-unsaturated/α-hetero) is 1. The Hall–Kier alpha value is -1.15. The number of hydrogen-bond donors (Lipinski definition) is 0. The van der Waals surface area contributed by atoms with Crippen LogP contribution in [0.5, 0.6) is 0 Å². The summed E-state index contributed by atoms with van der Waals surface area (Å²) in [6.45, 7) is 9.03. The van der Waals surface area contributed by atoms with Gasteiger partial charge in [-0.15, -0.1) is 11.3 Å². The molecule has 0 atom stereocenters. The number of carbonyl (C=O) groups excluding carboxylic acids is 1. The smallest absolute Gasteiger partial charge is 0.134 e. The maximum Gasteiger partial charge on any atom is 0.134 e. The van der Waals surface area contributed by atoms with Crippen LogP contribution in [-0.4, -0.2) is 5.78 Å². The van der Waals surface area contributed by atoms with E-state index in [-0.39, 0.29) is 5.78 Å². The molecule has 0 aliphatic rings. The van der Waals surface area contributed by atoms with Crippen LogP contribution in [-0.2, 0) is 11.2 Å². The van der Waals surface area contributed by atoms with Gasteiger partial charge < -0.3 is 0 Å². The molecular formula is C11H12OS. The summed E-state index contributed by atoms with van der Waals surface area (Å²) in [5.41, 5.74) is 2.11. The molecule has 0 fully saturated rings. The van der Waals surface area contributed by atoms with Gasteiger partial charge in [-0.1, -0.05) is 25.3 Å². The molecule has 1 rings (SSSR count). The van der Waals surface area contributed by atoms with Gasteiger partial charge in [0.2, 0.25) is 0 Å². The second-order valence-corrected chi connectivity index (χ2v) is 3.74. The van der Waals surface area contributed by atoms with Crippen molar-refractivity contribution in [2.45, 2.75) is 13.3 Å². The zero-order chi connectivity index (χ0) is 9.84. The fraction of sp³-hybridized carbons (Fsp3) is 0.182. The molecule has 0 aromatic carbocycles. The summed E-state index contributed by atoms with van der Waals surface area (Å²) in [7, 11) is 0. The van der Waals surface area contributed by atoms with Crippen molar-refractivity contribution in [1.82, 2.24) is 0 Å². The molecular weight excluding hydrogens is 180 g/mol. The third kappa shape index (κ3) is 2.16. The Balaban J connectivity index is 3.07. The SMILES string of the molecule is C=Cc1scc(CC(C)=O)c1C=C. The molecule has 68 valence electrons. The first-order valence-corrected chi connectivity index (χ1v) is 4.91. The Bertz CT molecular complexity index is 347. The van der Waals surface area contributed by atoms with Crippen LogP contribution < -0.4 is 0 Å². The summed E-state index contributed by atoms with van der Waals surface area (Å²) in [4.78, 5) is 12.0. The summed E-state index contributed by atoms with van der Waals surface area (Å²) < 4.78 is 0. The number of carbonyl (C=O) groups is 1. The van der Waals surface area contributed by atoms with E-state index in [0.29, 0.717) is 6.42 Å². The Kier molecular flexibility index (Phi) is 3.20. The zero-order valence-corrected chi connectivity index (χ0v) is 8.49. The molecule has 0 unspecified atom stereocenters. The van der Waals surface area contributed by atoms with Crippen molar-refractivity contribution in [2.24, 2.45) is 0 Å². The van der Waals surface area contributed by atoms with Gasteiger partial charge in [0.15, 0.2) is 0 Å². The fourth-order valence-corrected chi connectivity index (χ4v) is 2.13. The molecule has 2 heteroatoms. The Morgan fingerprint density at radius 2 is 2.23 bits per heavy atom. The van der Waals surface area contributed by atoms with Gasteiger partial charge in [-0.3, -0.25) is 4.79 Å². The lowest BCUT2D eigenvalue weighted by Crippen LogP contribution is -1.96. The monoisotopic (exact) mass is 192 g/mol. The van der Waals surface area contributed by atoms with Crippen molar-refractivity contribution in [1.29, 1.82) is 0 Å². The number of rotatable bonds is 4. The molecule has 1 aromatic heterocycles. The van der Waals surface area contributed by atoms with E-state index < -0.39 is 0 Å². The first kappa shape index (κ1) is 9.93. The van der Waals surface area contributed by atoms with Crippen molar-refractivity contribution >= 4 is 29.3 Å². The van der Waals surface area contributed by atoms with E-state index >= 15 is 0 Å². The van der Waals surface area contributed by atoms with E-state index in [1.807, 2.05) is 5.38 Å². The van der Waals surface area contributed by atoms with Crippen molar-refractivity contribution in [3.8, 4) is 0 Å². The van der Waals surface area contributed by atoms with E-state index in [1.165, 1.54) is 0 Å². The van der Waals surface area contributed by atoms with E-state index in [0.717, 1.165) is 16.0 Å². The van der Waals surface area contributed by atoms with Crippen LogP contribution in [0.2, 0.25) is 0 Å². The maximum absolute atomic E-state index is 10.9. The van der Waals surface area contributed by atoms with E-state index in [2.05, 4.69) is 13.2 Å². The predicted octanol–water partition coefficient (Wildman–Crippen LogP) is 3.17. The molecule has 1 nitrogen and oxygen atoms in total. The van der Waals surface area contributed by atoms with Gasteiger partial charge in [-0.25, -0.2) is 0 Å². The largest absolute Gasteiger partial charge is 0.300 e. The van der Waals surface area contributed by atoms with Crippen molar-refractivity contribution in [3.63, 3.8) is 0 Å². The third-order valence-corrected chi connectivity index (χ3v) is 2.81. The number of hydrogen-bond acceptors (Lipinski definition) is 2. The zero-order valence-electron chi connectivity index (χ0n) is 7.67. The molecule has 13 heavy (non-hydrogen) atoms. The van der Waals surface area contributed by atoms with Gasteiger partial charge in [-0.05, 0) is 23.4 Å². The van der Waals surface area contributed by atoms with Crippen molar-refractivity contribution in [3.05, 3.63) is 34.5 Å². The highest BCUT2D eigenvalue weighted by Crippen LogP contribution is 2.25. The van der Waals surface area contributed by atoms with Gasteiger partial charge in [0.25, 0.3) is 0 Å². The highest BCUT2D eigenvalue weighted by Gasteiger charge is 2.07. The quantitative estimate of drug-likeness (QED) is 0.716. The molecule has 0 saturated carbocycles. The minimum atomic E-state index is 0.177. The average Bonchev–Trinajstić information content (AvgIpc) is 2.45. The third-order valence-electron chi connectivity index (χ3n) is 1.77. The van der Waals surface area contributed by atoms with E-state index in [1.54, 1.807) is 30.4 Å². The molecule has 0 saturated heterocycles. The molecule has 0 spiro atoms. The first-order valence-electron chi connectivity index (χ1n) is 4.03. The minimum absolute atomic E-state index is 0.177. The van der Waals surface area contributed by atoms with Crippen molar-refractivity contribution in [2.75, 3.05) is 0 Å². The molecule has 1 heterocycles. The fourth-order valence-electron chi connectivity index (χ4n) is 1.21. The lowest BCUT2D eigenvalue weighted by molar-refractivity contribution is -0.116. The molecule has 0 aliphatic heterocycles. The standard InChI is InChI=1S/C11H12OS/c1-4-10-9(6-8(3)12)7-13-11(10)5-2/h4-5,7H,1-2,6H2,3H3. The maximum atomic E-state index is 10.9. The van der Waals surface area contributed by atoms with Crippen LogP contribution in [0, 0.1) is 0 Å². The van der Waals surface area contributed by atoms with Crippen LogP contribution >= 0.6 is 11.3 Å². The summed E-state index contributed by atoms with van der Waals surface area (Å²) in [5.74, 6) is 0.177. The average molecular weight is 192 g/mol. The first-order chi connectivity index (χ1) is 6.19. The van der Waals surface area contributed by atoms with Gasteiger partial charge in [0.05, 0.1) is 0 Å². The Morgan fingerprint density at radius 1 is 1.54 bits per heavy atom. The Labute approximate surface area is 82.4 Å². The van der Waals surface area contributed by atoms with Crippen LogP contribution in [0.15, 0.2) is 18.5 Å². The van der Waals surface area contributed by atoms with Gasteiger partial charge in [0.1, 0.15) is 5.78 Å². The second kappa shape index (κ2) is 4.19. The summed E-state index contributed by atoms with van der Waals surface area (Å²) >= 11 is 1.60. The van der Waals surface area contributed by atoms with E-state index in [9.17, 15) is 4.79 Å². The van der Waals surface area contributed by atoms with Crippen molar-refractivity contribution < 1.29 is 4.79 Å². The lowest BCUT2D eigenvalue weighted by Gasteiger charge is -1.96. The molecule has 1 aromatic rings. The van der Waals surface area contributed by atoms with Gasteiger partial charge in [-0.2, -0.15) is 0 Å². The van der Waals surface area contributed by atoms with Gasteiger partial charge >= 0.3 is 0 Å². The highest BCUT2D eigenvalue weighted by atomic mass is 32.1. The molecule has 0 aliphatic carbocycles. The van der Waals surface area contributed by atoms with Crippen LogP contribution in [0.4, 0.5) is 0 Å². The molecule has 0 bridgehead atoms. The predicted molar refractivity (Wildman–Crippen MR) is 58.9 cm³/mol. The molecule has 0 amide bonds.